The van der Waals surface area contributed by atoms with Crippen LogP contribution in [0, 0.1) is 0 Å². The minimum absolute atomic E-state index is 0.103. The molecular weight excluding hydrogens is 218 g/mol. The molecule has 0 fully saturated rings. The fraction of sp³-hybridized carbons (Fsp3) is 0.308. The standard InChI is InChI=1S/C13H15NO3/c1-10-8-9-12(16-2)17-14(10)13(15)11-6-4-3-5-7-11/h3-10,12H,1-2H3. The second kappa shape index (κ2) is 5.12. The fourth-order valence-electron chi connectivity index (χ4n) is 1.64. The first-order valence-electron chi connectivity index (χ1n) is 5.49. The van der Waals surface area contributed by atoms with Gasteiger partial charge in [0, 0.05) is 12.7 Å². The average molecular weight is 233 g/mol. The maximum absolute atomic E-state index is 12.2. The first kappa shape index (κ1) is 11.8. The molecule has 2 rings (SSSR count). The molecule has 0 bridgehead atoms. The summed E-state index contributed by atoms with van der Waals surface area (Å²) in [6, 6.07) is 8.94. The van der Waals surface area contributed by atoms with Crippen molar-refractivity contribution in [3.63, 3.8) is 0 Å². The summed E-state index contributed by atoms with van der Waals surface area (Å²) < 4.78 is 5.05. The highest BCUT2D eigenvalue weighted by atomic mass is 16.8. The molecule has 0 saturated carbocycles. The minimum atomic E-state index is -0.501. The molecule has 0 aliphatic carbocycles. The molecule has 2 atom stereocenters. The summed E-state index contributed by atoms with van der Waals surface area (Å²) in [7, 11) is 1.54. The molecule has 0 saturated heterocycles. The van der Waals surface area contributed by atoms with Crippen molar-refractivity contribution in [3.05, 3.63) is 48.0 Å². The third-order valence-corrected chi connectivity index (χ3v) is 2.59. The fourth-order valence-corrected chi connectivity index (χ4v) is 1.64. The minimum Gasteiger partial charge on any atom is -0.350 e. The smallest absolute Gasteiger partial charge is 0.278 e. The number of hydrogen-bond acceptors (Lipinski definition) is 3. The zero-order chi connectivity index (χ0) is 12.3. The van der Waals surface area contributed by atoms with Gasteiger partial charge in [0.15, 0.2) is 0 Å². The molecule has 2 unspecified atom stereocenters. The summed E-state index contributed by atoms with van der Waals surface area (Å²) in [6.45, 7) is 1.89. The molecule has 4 nitrogen and oxygen atoms in total. The number of hydroxylamine groups is 2. The van der Waals surface area contributed by atoms with Crippen LogP contribution in [-0.4, -0.2) is 30.4 Å². The van der Waals surface area contributed by atoms with E-state index in [-0.39, 0.29) is 11.9 Å². The largest absolute Gasteiger partial charge is 0.350 e. The molecule has 1 heterocycles. The number of amides is 1. The Labute approximate surface area is 100 Å². The van der Waals surface area contributed by atoms with Gasteiger partial charge in [-0.3, -0.25) is 4.79 Å². The Morgan fingerprint density at radius 2 is 2.00 bits per heavy atom. The lowest BCUT2D eigenvalue weighted by atomic mass is 10.2. The quantitative estimate of drug-likeness (QED) is 0.733. The molecule has 90 valence electrons. The molecule has 1 aliphatic heterocycles. The van der Waals surface area contributed by atoms with Crippen molar-refractivity contribution >= 4 is 5.91 Å². The highest BCUT2D eigenvalue weighted by molar-refractivity contribution is 5.93. The average Bonchev–Trinajstić information content (AvgIpc) is 2.39. The van der Waals surface area contributed by atoms with Gasteiger partial charge < -0.3 is 4.74 Å². The molecule has 0 spiro atoms. The molecule has 0 aromatic heterocycles. The Hall–Kier alpha value is -1.65. The van der Waals surface area contributed by atoms with E-state index in [0.29, 0.717) is 5.56 Å². The number of carbonyl (C=O) groups is 1. The van der Waals surface area contributed by atoms with E-state index in [1.54, 1.807) is 18.2 Å². The number of hydrogen-bond donors (Lipinski definition) is 0. The van der Waals surface area contributed by atoms with Crippen molar-refractivity contribution < 1.29 is 14.4 Å². The zero-order valence-corrected chi connectivity index (χ0v) is 9.87. The predicted octanol–water partition coefficient (Wildman–Crippen LogP) is 1.99. The molecule has 1 aromatic rings. The lowest BCUT2D eigenvalue weighted by molar-refractivity contribution is -0.242. The highest BCUT2D eigenvalue weighted by Gasteiger charge is 2.27. The van der Waals surface area contributed by atoms with Crippen LogP contribution < -0.4 is 0 Å². The lowest BCUT2D eigenvalue weighted by Gasteiger charge is -2.32. The summed E-state index contributed by atoms with van der Waals surface area (Å²) in [5, 5.41) is 1.34. The molecule has 0 N–H and O–H groups in total. The van der Waals surface area contributed by atoms with Crippen LogP contribution in [-0.2, 0) is 9.57 Å². The van der Waals surface area contributed by atoms with E-state index >= 15 is 0 Å². The molecule has 1 aliphatic rings. The number of carbonyl (C=O) groups excluding carboxylic acids is 1. The van der Waals surface area contributed by atoms with Crippen molar-refractivity contribution in [2.24, 2.45) is 0 Å². The molecule has 17 heavy (non-hydrogen) atoms. The van der Waals surface area contributed by atoms with Crippen molar-refractivity contribution in [3.8, 4) is 0 Å². The van der Waals surface area contributed by atoms with Crippen LogP contribution in [0.5, 0.6) is 0 Å². The number of nitrogens with zero attached hydrogens (tertiary/aromatic N) is 1. The van der Waals surface area contributed by atoms with Gasteiger partial charge in [0.05, 0.1) is 6.04 Å². The summed E-state index contributed by atoms with van der Waals surface area (Å²) in [4.78, 5) is 17.6. The van der Waals surface area contributed by atoms with Crippen molar-refractivity contribution in [2.45, 2.75) is 19.3 Å². The Bertz CT molecular complexity index is 416. The van der Waals surface area contributed by atoms with Crippen molar-refractivity contribution in [1.82, 2.24) is 5.06 Å². The van der Waals surface area contributed by atoms with Crippen LogP contribution in [0.25, 0.3) is 0 Å². The number of ether oxygens (including phenoxy) is 1. The number of rotatable bonds is 2. The molecule has 1 aromatic carbocycles. The van der Waals surface area contributed by atoms with E-state index in [1.165, 1.54) is 12.2 Å². The molecule has 1 amide bonds. The number of methoxy groups -OCH3 is 1. The summed E-state index contributed by atoms with van der Waals surface area (Å²) in [6.07, 6.45) is 3.18. The maximum atomic E-state index is 12.2. The van der Waals surface area contributed by atoms with E-state index in [1.807, 2.05) is 31.2 Å². The Balaban J connectivity index is 2.17. The molecular formula is C13H15NO3. The van der Waals surface area contributed by atoms with Crippen molar-refractivity contribution in [2.75, 3.05) is 7.11 Å². The van der Waals surface area contributed by atoms with Gasteiger partial charge in [-0.1, -0.05) is 24.3 Å². The SMILES string of the molecule is COC1C=CC(C)N(C(=O)c2ccccc2)O1. The van der Waals surface area contributed by atoms with Gasteiger partial charge in [-0.2, -0.15) is 0 Å². The van der Waals surface area contributed by atoms with E-state index in [9.17, 15) is 4.79 Å². The molecule has 0 radical (unpaired) electrons. The predicted molar refractivity (Wildman–Crippen MR) is 63.1 cm³/mol. The summed E-state index contributed by atoms with van der Waals surface area (Å²) in [5.74, 6) is -0.162. The van der Waals surface area contributed by atoms with Gasteiger partial charge in [-0.05, 0) is 25.1 Å². The lowest BCUT2D eigenvalue weighted by Crippen LogP contribution is -2.43. The Morgan fingerprint density at radius 1 is 1.29 bits per heavy atom. The van der Waals surface area contributed by atoms with E-state index in [0.717, 1.165) is 0 Å². The van der Waals surface area contributed by atoms with E-state index < -0.39 is 6.29 Å². The van der Waals surface area contributed by atoms with Gasteiger partial charge in [0.2, 0.25) is 6.29 Å². The summed E-state index contributed by atoms with van der Waals surface area (Å²) in [5.41, 5.74) is 0.601. The van der Waals surface area contributed by atoms with Gasteiger partial charge >= 0.3 is 0 Å². The topological polar surface area (TPSA) is 38.8 Å². The van der Waals surface area contributed by atoms with Crippen LogP contribution in [0.15, 0.2) is 42.5 Å². The van der Waals surface area contributed by atoms with Crippen LogP contribution in [0.4, 0.5) is 0 Å². The van der Waals surface area contributed by atoms with Gasteiger partial charge in [-0.25, -0.2) is 9.90 Å². The second-order valence-corrected chi connectivity index (χ2v) is 3.83. The highest BCUT2D eigenvalue weighted by Crippen LogP contribution is 2.17. The Kier molecular flexibility index (Phi) is 3.56. The molecule has 4 heteroatoms. The van der Waals surface area contributed by atoms with Gasteiger partial charge in [-0.15, -0.1) is 0 Å². The van der Waals surface area contributed by atoms with Crippen LogP contribution >= 0.6 is 0 Å². The zero-order valence-electron chi connectivity index (χ0n) is 9.87. The van der Waals surface area contributed by atoms with Crippen LogP contribution in [0.2, 0.25) is 0 Å². The van der Waals surface area contributed by atoms with Crippen LogP contribution in [0.3, 0.4) is 0 Å². The second-order valence-electron chi connectivity index (χ2n) is 3.83. The third-order valence-electron chi connectivity index (χ3n) is 2.59. The van der Waals surface area contributed by atoms with Crippen molar-refractivity contribution in [1.29, 1.82) is 0 Å². The number of benzene rings is 1. The van der Waals surface area contributed by atoms with E-state index in [2.05, 4.69) is 0 Å². The third kappa shape index (κ3) is 2.54. The first-order valence-corrected chi connectivity index (χ1v) is 5.49. The normalized spacial score (nSPS) is 23.8. The first-order chi connectivity index (χ1) is 8.22. The van der Waals surface area contributed by atoms with Gasteiger partial charge in [0.25, 0.3) is 5.91 Å². The van der Waals surface area contributed by atoms with E-state index in [4.69, 9.17) is 9.57 Å². The van der Waals surface area contributed by atoms with Gasteiger partial charge in [0.1, 0.15) is 0 Å². The maximum Gasteiger partial charge on any atom is 0.278 e. The Morgan fingerprint density at radius 3 is 2.65 bits per heavy atom. The monoisotopic (exact) mass is 233 g/mol. The summed E-state index contributed by atoms with van der Waals surface area (Å²) >= 11 is 0. The van der Waals surface area contributed by atoms with Crippen LogP contribution in [0.1, 0.15) is 17.3 Å².